The van der Waals surface area contributed by atoms with Gasteiger partial charge in [0.1, 0.15) is 0 Å². The van der Waals surface area contributed by atoms with Crippen molar-refractivity contribution >= 4 is 5.97 Å². The Morgan fingerprint density at radius 3 is 1.45 bits per heavy atom. The molecule has 0 amide bonds. The van der Waals surface area contributed by atoms with Gasteiger partial charge < -0.3 is 24.8 Å². The van der Waals surface area contributed by atoms with Gasteiger partial charge >= 0.3 is 5.97 Å². The van der Waals surface area contributed by atoms with E-state index in [9.17, 15) is 20.1 Å². The van der Waals surface area contributed by atoms with Gasteiger partial charge in [-0.05, 0) is 241 Å². The van der Waals surface area contributed by atoms with Gasteiger partial charge in [0.25, 0.3) is 0 Å². The van der Waals surface area contributed by atoms with E-state index in [2.05, 4.69) is 67.5 Å². The van der Waals surface area contributed by atoms with Crippen molar-refractivity contribution in [1.82, 2.24) is 0 Å². The first-order valence-corrected chi connectivity index (χ1v) is 29.0. The summed E-state index contributed by atoms with van der Waals surface area (Å²) in [6.45, 7) is 21.6. The molecule has 3 N–H and O–H groups in total. The molecule has 10 rings (SSSR count). The van der Waals surface area contributed by atoms with Crippen molar-refractivity contribution in [2.24, 2.45) is 80.8 Å². The normalized spacial score (nSPS) is 44.0. The second-order valence-electron chi connectivity index (χ2n) is 26.8. The molecule has 7 saturated carbocycles. The summed E-state index contributed by atoms with van der Waals surface area (Å²) in [5, 5.41) is 32.2. The number of methoxy groups -OCH3 is 1. The average Bonchev–Trinajstić information content (AvgIpc) is 3.68. The number of rotatable bonds is 12. The molecule has 10 aliphatic rings. The Balaban J connectivity index is 0.000000200. The summed E-state index contributed by atoms with van der Waals surface area (Å²) >= 11 is 0. The second-order valence-corrected chi connectivity index (χ2v) is 26.8. The van der Waals surface area contributed by atoms with E-state index in [1.54, 1.807) is 11.1 Å². The first-order chi connectivity index (χ1) is 31.8. The van der Waals surface area contributed by atoms with Crippen molar-refractivity contribution in [3.8, 4) is 0 Å². The summed E-state index contributed by atoms with van der Waals surface area (Å²) in [7, 11) is 1.49. The fraction of sp³-hybridized carbons (Fsp3) is 0.921. The number of ether oxygens (including phenoxy) is 2. The smallest absolute Gasteiger partial charge is 0.305 e. The highest BCUT2D eigenvalue weighted by Gasteiger charge is 2.62. The lowest BCUT2D eigenvalue weighted by atomic mass is 9.46. The molecule has 0 aromatic rings. The molecule has 9 aliphatic carbocycles. The van der Waals surface area contributed by atoms with E-state index in [-0.39, 0.29) is 26.4 Å². The molecule has 1 saturated heterocycles. The molecule has 0 aromatic carbocycles. The van der Waals surface area contributed by atoms with Crippen LogP contribution in [0.25, 0.3) is 0 Å². The van der Waals surface area contributed by atoms with Gasteiger partial charge in [0.2, 0.25) is 0 Å². The highest BCUT2D eigenvalue weighted by atomic mass is 16.5. The lowest BCUT2D eigenvalue weighted by Crippen LogP contribution is -2.52. The Labute approximate surface area is 425 Å². The Kier molecular flexibility index (Phi) is 18.5. The molecule has 6 nitrogen and oxygen atoms in total. The lowest BCUT2D eigenvalue weighted by Gasteiger charge is -2.59. The highest BCUT2D eigenvalue weighted by Crippen LogP contribution is 2.70. The lowest BCUT2D eigenvalue weighted by molar-refractivity contribution is -0.140. The number of allylic oxidation sites excluding steroid dienone is 2. The zero-order valence-electron chi connectivity index (χ0n) is 44.7. The van der Waals surface area contributed by atoms with Crippen LogP contribution in [0.15, 0.2) is 23.3 Å². The van der Waals surface area contributed by atoms with Gasteiger partial charge in [0.05, 0.1) is 23.9 Å². The Morgan fingerprint density at radius 1 is 0.623 bits per heavy atom. The summed E-state index contributed by atoms with van der Waals surface area (Å²) in [6.07, 6.45) is 37.6. The summed E-state index contributed by atoms with van der Waals surface area (Å²) in [5.74, 6) is 8.18. The third kappa shape index (κ3) is 11.3. The van der Waals surface area contributed by atoms with Gasteiger partial charge in [-0.15, -0.1) is 0 Å². The van der Waals surface area contributed by atoms with Gasteiger partial charge in [0, 0.05) is 19.6 Å². The van der Waals surface area contributed by atoms with E-state index >= 15 is 0 Å². The van der Waals surface area contributed by atoms with Crippen molar-refractivity contribution in [2.75, 3.05) is 20.3 Å². The molecule has 0 spiro atoms. The monoisotopic (exact) mass is 963 g/mol. The summed E-state index contributed by atoms with van der Waals surface area (Å²) in [4.78, 5) is 11.5. The first kappa shape index (κ1) is 57.1. The molecule has 1 heterocycles. The van der Waals surface area contributed by atoms with Crippen LogP contribution in [0.4, 0.5) is 0 Å². The zero-order chi connectivity index (χ0) is 48.0. The minimum Gasteiger partial charge on any atom is -0.469 e. The van der Waals surface area contributed by atoms with Crippen molar-refractivity contribution in [3.05, 3.63) is 23.3 Å². The molecule has 69 heavy (non-hydrogen) atoms. The Hall–Kier alpha value is -1.21. The fourth-order valence-electron chi connectivity index (χ4n) is 18.7. The quantitative estimate of drug-likeness (QED) is 0.133. The van der Waals surface area contributed by atoms with Gasteiger partial charge in [-0.3, -0.25) is 4.79 Å². The van der Waals surface area contributed by atoms with Crippen LogP contribution in [0.3, 0.4) is 0 Å². The third-order valence-corrected chi connectivity index (χ3v) is 23.6. The molecule has 0 unspecified atom stereocenters. The van der Waals surface area contributed by atoms with Crippen LogP contribution in [0, 0.1) is 80.8 Å². The first-order valence-electron chi connectivity index (χ1n) is 29.0. The third-order valence-electron chi connectivity index (χ3n) is 23.6. The molecule has 16 atom stereocenters. The Bertz CT molecular complexity index is 1750. The van der Waals surface area contributed by atoms with E-state index in [0.29, 0.717) is 34.0 Å². The highest BCUT2D eigenvalue weighted by molar-refractivity contribution is 5.69. The topological polar surface area (TPSA) is 96.2 Å². The SMILES string of the molecule is C.C.C1CCOC1.CC[C@]1(O)CC[C@@]2(C)C(=CC[C@H]3[C@@H]4CC[C@H]([C@H](C)CCCC(=O)OC)[C@@]4(C)CC[C@@H]32)C1.CC[C@]1(O)CC[C@@]2(C)C(=CC[C@H]3[C@@H]4CC[C@H]([C@H](C)CCCC5(O)CC5)[C@@]4(C)CC[C@@H]32)C1. The Morgan fingerprint density at radius 2 is 1.06 bits per heavy atom. The van der Waals surface area contributed by atoms with Crippen LogP contribution >= 0.6 is 0 Å². The molecule has 6 heteroatoms. The second kappa shape index (κ2) is 22.3. The number of esters is 1. The number of fused-ring (bicyclic) bond motifs is 10. The van der Waals surface area contributed by atoms with Gasteiger partial charge in [-0.25, -0.2) is 0 Å². The van der Waals surface area contributed by atoms with Crippen LogP contribution in [-0.2, 0) is 14.3 Å². The molecule has 1 aliphatic heterocycles. The minimum atomic E-state index is -0.459. The maximum absolute atomic E-state index is 11.5. The van der Waals surface area contributed by atoms with Crippen LogP contribution in [0.5, 0.6) is 0 Å². The van der Waals surface area contributed by atoms with Gasteiger partial charge in [0.15, 0.2) is 0 Å². The summed E-state index contributed by atoms with van der Waals surface area (Å²) < 4.78 is 9.78. The molecule has 0 bridgehead atoms. The minimum absolute atomic E-state index is 0. The maximum atomic E-state index is 11.5. The van der Waals surface area contributed by atoms with Crippen LogP contribution in [0.1, 0.15) is 250 Å². The molecule has 0 radical (unpaired) electrons. The number of carbonyl (C=O) groups is 1. The summed E-state index contributed by atoms with van der Waals surface area (Å²) in [6, 6.07) is 0. The number of hydrogen-bond donors (Lipinski definition) is 3. The van der Waals surface area contributed by atoms with E-state index in [1.807, 2.05) is 0 Å². The van der Waals surface area contributed by atoms with E-state index in [0.717, 1.165) is 137 Å². The molecule has 0 aromatic heterocycles. The number of carbonyl (C=O) groups excluding carboxylic acids is 1. The standard InChI is InChI=1S/C29H48O2.C28H46O3.C4H8O.2CH4/c1-5-28(30)16-15-26(3)21(19-28)8-9-22-24-11-10-23(27(24,4)14-12-25(22)26)20(2)7-6-13-29(31)17-18-29;1-6-28(30)17-16-26(3)20(18-28)10-11-21-23-13-12-22(27(23,4)15-14-24(21)26)19(2)8-7-9-25(29)31-5;1-2-4-5-3-1;;/h8,20,22-25,30-31H,5-7,9-19H2,1-4H3;10,19,21-24,30H,6-9,11-18H2,1-5H3;1-4H2;2*1H4/t20-,22+,23-,24+,25+,26+,27-,28+;19-,21+,22-,23+,24+,26+,27-,28+;;;/m11.../s1. The fourth-order valence-corrected chi connectivity index (χ4v) is 18.7. The van der Waals surface area contributed by atoms with E-state index < -0.39 is 11.2 Å². The average molecular weight is 964 g/mol. The van der Waals surface area contributed by atoms with Crippen molar-refractivity contribution in [2.45, 2.75) is 267 Å². The van der Waals surface area contributed by atoms with Crippen LogP contribution in [-0.4, -0.2) is 58.4 Å². The van der Waals surface area contributed by atoms with Crippen molar-refractivity contribution in [3.63, 3.8) is 0 Å². The number of aliphatic hydroxyl groups is 3. The van der Waals surface area contributed by atoms with Crippen LogP contribution in [0.2, 0.25) is 0 Å². The zero-order valence-corrected chi connectivity index (χ0v) is 44.7. The summed E-state index contributed by atoms with van der Waals surface area (Å²) in [5.41, 5.74) is 3.66. The maximum Gasteiger partial charge on any atom is 0.305 e. The predicted molar refractivity (Wildman–Crippen MR) is 287 cm³/mol. The molecular weight excluding hydrogens is 853 g/mol. The molecule has 8 fully saturated rings. The number of hydrogen-bond acceptors (Lipinski definition) is 6. The van der Waals surface area contributed by atoms with Crippen molar-refractivity contribution in [1.29, 1.82) is 0 Å². The van der Waals surface area contributed by atoms with Gasteiger partial charge in [-0.2, -0.15) is 0 Å². The van der Waals surface area contributed by atoms with E-state index in [1.165, 1.54) is 110 Å². The van der Waals surface area contributed by atoms with Crippen LogP contribution < -0.4 is 0 Å². The van der Waals surface area contributed by atoms with Gasteiger partial charge in [-0.1, -0.05) is 106 Å². The predicted octanol–water partition coefficient (Wildman–Crippen LogP) is 15.8. The molecular formula is C63H110O6. The van der Waals surface area contributed by atoms with E-state index in [4.69, 9.17) is 9.47 Å². The molecule has 398 valence electrons. The largest absolute Gasteiger partial charge is 0.469 e. The van der Waals surface area contributed by atoms with Crippen molar-refractivity contribution < 1.29 is 29.6 Å².